The molecule has 0 spiro atoms. The summed E-state index contributed by atoms with van der Waals surface area (Å²) in [6.07, 6.45) is 3.29. The molecule has 2 aliphatic rings. The van der Waals surface area contributed by atoms with Crippen LogP contribution in [0.2, 0.25) is 0 Å². The number of fused-ring (bicyclic) bond motifs is 1. The molecule has 1 saturated heterocycles. The molecule has 0 unspecified atom stereocenters. The van der Waals surface area contributed by atoms with Crippen LogP contribution in [0.3, 0.4) is 0 Å². The number of ether oxygens (including phenoxy) is 2. The van der Waals surface area contributed by atoms with E-state index in [0.29, 0.717) is 31.4 Å². The van der Waals surface area contributed by atoms with Gasteiger partial charge in [-0.25, -0.2) is 8.42 Å². The Labute approximate surface area is 138 Å². The molecule has 1 aromatic carbocycles. The molecule has 0 bridgehead atoms. The minimum Gasteiger partial charge on any atom is -0.495 e. The lowest BCUT2D eigenvalue weighted by molar-refractivity contribution is 0.0738. The molecule has 1 aliphatic heterocycles. The van der Waals surface area contributed by atoms with Crippen molar-refractivity contribution in [2.24, 2.45) is 11.3 Å². The Morgan fingerprint density at radius 2 is 2.13 bits per heavy atom. The van der Waals surface area contributed by atoms with Crippen molar-refractivity contribution >= 4 is 10.0 Å². The van der Waals surface area contributed by atoms with Crippen molar-refractivity contribution in [1.82, 2.24) is 4.31 Å². The number of rotatable bonds is 5. The topological polar surface area (TPSA) is 55.8 Å². The standard InChI is InChI=1S/C17H25NO4S/c1-13-6-7-16(15(9-13)22-3)23(19,20)18-10-14-5-4-8-17(14,11-18)12-21-2/h6-7,9,14H,4-5,8,10-12H2,1-3H3/t14-,17+/m0/s1. The lowest BCUT2D eigenvalue weighted by atomic mass is 9.82. The zero-order chi connectivity index (χ0) is 16.7. The quantitative estimate of drug-likeness (QED) is 0.827. The van der Waals surface area contributed by atoms with E-state index in [-0.39, 0.29) is 10.3 Å². The predicted octanol–water partition coefficient (Wildman–Crippen LogP) is 2.44. The van der Waals surface area contributed by atoms with Gasteiger partial charge in [0.15, 0.2) is 0 Å². The Kier molecular flexibility index (Phi) is 4.42. The van der Waals surface area contributed by atoms with E-state index in [1.807, 2.05) is 13.0 Å². The first-order valence-electron chi connectivity index (χ1n) is 8.07. The predicted molar refractivity (Wildman–Crippen MR) is 88.1 cm³/mol. The monoisotopic (exact) mass is 339 g/mol. The zero-order valence-corrected chi connectivity index (χ0v) is 14.9. The molecule has 1 aromatic rings. The average Bonchev–Trinajstić information content (AvgIpc) is 3.04. The van der Waals surface area contributed by atoms with E-state index >= 15 is 0 Å². The van der Waals surface area contributed by atoms with Crippen LogP contribution in [0.4, 0.5) is 0 Å². The lowest BCUT2D eigenvalue weighted by Crippen LogP contribution is -2.34. The molecule has 3 rings (SSSR count). The number of benzene rings is 1. The van der Waals surface area contributed by atoms with Crippen molar-refractivity contribution in [3.63, 3.8) is 0 Å². The van der Waals surface area contributed by atoms with Crippen LogP contribution in [0.15, 0.2) is 23.1 Å². The second kappa shape index (κ2) is 6.07. The average molecular weight is 339 g/mol. The van der Waals surface area contributed by atoms with Crippen LogP contribution >= 0.6 is 0 Å². The molecule has 2 fully saturated rings. The maximum Gasteiger partial charge on any atom is 0.246 e. The highest BCUT2D eigenvalue weighted by Crippen LogP contribution is 2.50. The van der Waals surface area contributed by atoms with Crippen molar-refractivity contribution < 1.29 is 17.9 Å². The van der Waals surface area contributed by atoms with Gasteiger partial charge in [0.25, 0.3) is 0 Å². The van der Waals surface area contributed by atoms with Gasteiger partial charge < -0.3 is 9.47 Å². The van der Waals surface area contributed by atoms with E-state index in [2.05, 4.69) is 0 Å². The van der Waals surface area contributed by atoms with Gasteiger partial charge in [-0.3, -0.25) is 0 Å². The summed E-state index contributed by atoms with van der Waals surface area (Å²) in [6, 6.07) is 5.24. The molecule has 0 radical (unpaired) electrons. The summed E-state index contributed by atoms with van der Waals surface area (Å²) in [7, 11) is -0.332. The third-order valence-electron chi connectivity index (χ3n) is 5.38. The molecule has 0 amide bonds. The van der Waals surface area contributed by atoms with E-state index in [0.717, 1.165) is 24.8 Å². The van der Waals surface area contributed by atoms with Crippen LogP contribution in [0.5, 0.6) is 5.75 Å². The van der Waals surface area contributed by atoms with Gasteiger partial charge >= 0.3 is 0 Å². The highest BCUT2D eigenvalue weighted by molar-refractivity contribution is 7.89. The first-order chi connectivity index (χ1) is 10.9. The van der Waals surface area contributed by atoms with Crippen LogP contribution in [0.1, 0.15) is 24.8 Å². The Morgan fingerprint density at radius 3 is 2.83 bits per heavy atom. The van der Waals surface area contributed by atoms with Gasteiger partial charge in [-0.05, 0) is 43.4 Å². The van der Waals surface area contributed by atoms with Crippen molar-refractivity contribution in [3.05, 3.63) is 23.8 Å². The molecule has 1 saturated carbocycles. The van der Waals surface area contributed by atoms with Gasteiger partial charge in [0.2, 0.25) is 10.0 Å². The number of aryl methyl sites for hydroxylation is 1. The zero-order valence-electron chi connectivity index (χ0n) is 14.0. The number of nitrogens with zero attached hydrogens (tertiary/aromatic N) is 1. The molecular formula is C17H25NO4S. The maximum atomic E-state index is 13.1. The minimum absolute atomic E-state index is 0.0141. The van der Waals surface area contributed by atoms with Gasteiger partial charge in [-0.15, -0.1) is 0 Å². The molecule has 1 aliphatic carbocycles. The van der Waals surface area contributed by atoms with E-state index in [4.69, 9.17) is 9.47 Å². The first-order valence-corrected chi connectivity index (χ1v) is 9.51. The van der Waals surface area contributed by atoms with Crippen LogP contribution in [-0.4, -0.2) is 46.6 Å². The van der Waals surface area contributed by atoms with E-state index < -0.39 is 10.0 Å². The number of methoxy groups -OCH3 is 2. The summed E-state index contributed by atoms with van der Waals surface area (Å²) in [5.74, 6) is 0.816. The molecule has 1 heterocycles. The summed E-state index contributed by atoms with van der Waals surface area (Å²) in [4.78, 5) is 0.262. The molecular weight excluding hydrogens is 314 g/mol. The summed E-state index contributed by atoms with van der Waals surface area (Å²) < 4.78 is 38.6. The third-order valence-corrected chi connectivity index (χ3v) is 7.23. The highest BCUT2D eigenvalue weighted by Gasteiger charge is 2.52. The van der Waals surface area contributed by atoms with Gasteiger partial charge in [0.1, 0.15) is 10.6 Å². The summed E-state index contributed by atoms with van der Waals surface area (Å²) in [5.41, 5.74) is 0.967. The van der Waals surface area contributed by atoms with Crippen molar-refractivity contribution in [2.75, 3.05) is 33.9 Å². The molecule has 5 nitrogen and oxygen atoms in total. The fraction of sp³-hybridized carbons (Fsp3) is 0.647. The van der Waals surface area contributed by atoms with Gasteiger partial charge in [0.05, 0.1) is 13.7 Å². The maximum absolute atomic E-state index is 13.1. The fourth-order valence-electron chi connectivity index (χ4n) is 4.20. The fourth-order valence-corrected chi connectivity index (χ4v) is 5.92. The van der Waals surface area contributed by atoms with E-state index in [9.17, 15) is 8.42 Å². The smallest absolute Gasteiger partial charge is 0.246 e. The van der Waals surface area contributed by atoms with E-state index in [1.54, 1.807) is 23.5 Å². The summed E-state index contributed by atoms with van der Waals surface area (Å²) in [5, 5.41) is 0. The minimum atomic E-state index is -3.54. The molecule has 6 heteroatoms. The van der Waals surface area contributed by atoms with Crippen LogP contribution < -0.4 is 4.74 Å². The van der Waals surface area contributed by atoms with Crippen LogP contribution in [-0.2, 0) is 14.8 Å². The van der Waals surface area contributed by atoms with Crippen molar-refractivity contribution in [1.29, 1.82) is 0 Å². The number of sulfonamides is 1. The normalized spacial score (nSPS) is 28.0. The highest BCUT2D eigenvalue weighted by atomic mass is 32.2. The molecule has 23 heavy (non-hydrogen) atoms. The van der Waals surface area contributed by atoms with Crippen LogP contribution in [0.25, 0.3) is 0 Å². The summed E-state index contributed by atoms with van der Waals surface area (Å²) >= 11 is 0. The SMILES string of the molecule is COC[C@]12CCC[C@H]1CN(S(=O)(=O)c1ccc(C)cc1OC)C2. The van der Waals surface area contributed by atoms with Crippen molar-refractivity contribution in [2.45, 2.75) is 31.1 Å². The Balaban J connectivity index is 1.93. The van der Waals surface area contributed by atoms with Gasteiger partial charge in [0, 0.05) is 25.6 Å². The van der Waals surface area contributed by atoms with E-state index in [1.165, 1.54) is 7.11 Å². The Hall–Kier alpha value is -1.11. The Bertz CT molecular complexity index is 688. The molecule has 0 N–H and O–H groups in total. The number of hydrogen-bond donors (Lipinski definition) is 0. The molecule has 2 atom stereocenters. The van der Waals surface area contributed by atoms with Gasteiger partial charge in [-0.2, -0.15) is 4.31 Å². The summed E-state index contributed by atoms with van der Waals surface area (Å²) in [6.45, 7) is 3.69. The second-order valence-corrected chi connectivity index (χ2v) is 8.74. The largest absolute Gasteiger partial charge is 0.495 e. The number of hydrogen-bond acceptors (Lipinski definition) is 4. The third kappa shape index (κ3) is 2.77. The molecule has 0 aromatic heterocycles. The lowest BCUT2D eigenvalue weighted by Gasteiger charge is -2.27. The van der Waals surface area contributed by atoms with Crippen LogP contribution in [0, 0.1) is 18.3 Å². The Morgan fingerprint density at radius 1 is 1.35 bits per heavy atom. The first kappa shape index (κ1) is 16.7. The van der Waals surface area contributed by atoms with Crippen molar-refractivity contribution in [3.8, 4) is 5.75 Å². The second-order valence-electron chi connectivity index (χ2n) is 6.84. The molecule has 128 valence electrons. The van der Waals surface area contributed by atoms with Gasteiger partial charge in [-0.1, -0.05) is 12.5 Å².